The normalized spacial score (nSPS) is 20.4. The Balaban J connectivity index is 2.20. The van der Waals surface area contributed by atoms with Gasteiger partial charge in [-0.2, -0.15) is 0 Å². The molecule has 1 saturated heterocycles. The number of carbonyl (C=O) groups excluding carboxylic acids is 1. The number of hydrogen-bond donors (Lipinski definition) is 0. The van der Waals surface area contributed by atoms with Crippen LogP contribution in [0.5, 0.6) is 0 Å². The first-order valence-corrected chi connectivity index (χ1v) is 7.22. The molecule has 0 unspecified atom stereocenters. The Labute approximate surface area is 107 Å². The van der Waals surface area contributed by atoms with Gasteiger partial charge in [0.2, 0.25) is 5.91 Å². The summed E-state index contributed by atoms with van der Waals surface area (Å²) in [6.07, 6.45) is 7.30. The molecule has 1 aliphatic rings. The largest absolute Gasteiger partial charge is 0.336 e. The van der Waals surface area contributed by atoms with Crippen molar-refractivity contribution in [3.05, 3.63) is 23.9 Å². The van der Waals surface area contributed by atoms with E-state index in [1.165, 1.54) is 6.42 Å². The van der Waals surface area contributed by atoms with Crippen molar-refractivity contribution in [1.29, 1.82) is 0 Å². The molecule has 1 fully saturated rings. The maximum absolute atomic E-state index is 11.6. The van der Waals surface area contributed by atoms with Crippen LogP contribution in [-0.2, 0) is 4.79 Å². The first-order valence-electron chi connectivity index (χ1n) is 5.99. The van der Waals surface area contributed by atoms with Gasteiger partial charge in [-0.05, 0) is 37.1 Å². The van der Waals surface area contributed by atoms with Crippen molar-refractivity contribution in [2.45, 2.75) is 37.3 Å². The van der Waals surface area contributed by atoms with E-state index in [4.69, 9.17) is 0 Å². The van der Waals surface area contributed by atoms with E-state index in [1.807, 2.05) is 23.4 Å². The van der Waals surface area contributed by atoms with E-state index in [0.717, 1.165) is 30.0 Å². The highest BCUT2D eigenvalue weighted by Crippen LogP contribution is 2.30. The zero-order chi connectivity index (χ0) is 12.3. The highest BCUT2D eigenvalue weighted by molar-refractivity contribution is 7.98. The lowest BCUT2D eigenvalue weighted by Gasteiger charge is -2.35. The molecular weight excluding hydrogens is 232 g/mol. The summed E-state index contributed by atoms with van der Waals surface area (Å²) in [4.78, 5) is 18.0. The number of aromatic nitrogens is 1. The van der Waals surface area contributed by atoms with Crippen LogP contribution in [0.1, 0.15) is 37.8 Å². The molecule has 1 amide bonds. The van der Waals surface area contributed by atoms with Gasteiger partial charge < -0.3 is 4.90 Å². The average Bonchev–Trinajstić information content (AvgIpc) is 2.39. The van der Waals surface area contributed by atoms with Gasteiger partial charge >= 0.3 is 0 Å². The molecule has 0 radical (unpaired) electrons. The zero-order valence-corrected chi connectivity index (χ0v) is 11.2. The van der Waals surface area contributed by atoms with Gasteiger partial charge in [-0.3, -0.25) is 4.79 Å². The fourth-order valence-electron chi connectivity index (χ4n) is 2.36. The molecule has 2 heterocycles. The van der Waals surface area contributed by atoms with Crippen LogP contribution in [0.25, 0.3) is 0 Å². The predicted molar refractivity (Wildman–Crippen MR) is 70.0 cm³/mol. The summed E-state index contributed by atoms with van der Waals surface area (Å²) in [7, 11) is 0. The molecule has 0 spiro atoms. The molecule has 92 valence electrons. The SMILES string of the molecule is CSc1ccc([C@H]2CCCCN2C(C)=O)cn1. The summed E-state index contributed by atoms with van der Waals surface area (Å²) in [5, 5.41) is 1.03. The molecule has 1 atom stereocenters. The third-order valence-corrected chi connectivity index (χ3v) is 3.92. The number of pyridine rings is 1. The maximum Gasteiger partial charge on any atom is 0.219 e. The van der Waals surface area contributed by atoms with Gasteiger partial charge in [0.1, 0.15) is 0 Å². The molecule has 1 aromatic heterocycles. The van der Waals surface area contributed by atoms with E-state index >= 15 is 0 Å². The highest BCUT2D eigenvalue weighted by Gasteiger charge is 2.25. The van der Waals surface area contributed by atoms with Gasteiger partial charge in [-0.25, -0.2) is 4.98 Å². The van der Waals surface area contributed by atoms with Gasteiger partial charge in [-0.15, -0.1) is 11.8 Å². The molecule has 0 bridgehead atoms. The van der Waals surface area contributed by atoms with Crippen LogP contribution in [0.3, 0.4) is 0 Å². The zero-order valence-electron chi connectivity index (χ0n) is 10.3. The molecule has 0 aromatic carbocycles. The second-order valence-electron chi connectivity index (χ2n) is 4.36. The minimum Gasteiger partial charge on any atom is -0.336 e. The summed E-state index contributed by atoms with van der Waals surface area (Å²) in [5.74, 6) is 0.170. The lowest BCUT2D eigenvalue weighted by atomic mass is 9.96. The summed E-state index contributed by atoms with van der Waals surface area (Å²) in [6.45, 7) is 2.53. The van der Waals surface area contributed by atoms with Gasteiger partial charge in [0, 0.05) is 19.7 Å². The van der Waals surface area contributed by atoms with E-state index in [2.05, 4.69) is 11.1 Å². The van der Waals surface area contributed by atoms with Gasteiger partial charge in [0.15, 0.2) is 0 Å². The summed E-state index contributed by atoms with van der Waals surface area (Å²) >= 11 is 1.64. The van der Waals surface area contributed by atoms with Crippen LogP contribution < -0.4 is 0 Å². The quantitative estimate of drug-likeness (QED) is 0.757. The molecule has 3 nitrogen and oxygen atoms in total. The van der Waals surface area contributed by atoms with E-state index in [1.54, 1.807) is 18.7 Å². The van der Waals surface area contributed by atoms with Crippen LogP contribution >= 0.6 is 11.8 Å². The topological polar surface area (TPSA) is 33.2 Å². The van der Waals surface area contributed by atoms with Crippen LogP contribution in [0.2, 0.25) is 0 Å². The van der Waals surface area contributed by atoms with Crippen molar-refractivity contribution in [2.24, 2.45) is 0 Å². The van der Waals surface area contributed by atoms with Crippen LogP contribution in [0, 0.1) is 0 Å². The van der Waals surface area contributed by atoms with Crippen molar-refractivity contribution < 1.29 is 4.79 Å². The molecule has 1 aliphatic heterocycles. The van der Waals surface area contributed by atoms with Crippen molar-refractivity contribution >= 4 is 17.7 Å². The standard InChI is InChI=1S/C13H18N2OS/c1-10(16)15-8-4-3-5-12(15)11-6-7-13(17-2)14-9-11/h6-7,9,12H,3-5,8H2,1-2H3/t12-/m1/s1. The summed E-state index contributed by atoms with van der Waals surface area (Å²) in [6, 6.07) is 4.36. The Morgan fingerprint density at radius 1 is 1.47 bits per heavy atom. The number of carbonyl (C=O) groups is 1. The van der Waals surface area contributed by atoms with Crippen molar-refractivity contribution in [2.75, 3.05) is 12.8 Å². The Bertz CT molecular complexity index is 391. The second-order valence-corrected chi connectivity index (χ2v) is 5.18. The number of thioether (sulfide) groups is 1. The molecule has 0 N–H and O–H groups in total. The first kappa shape index (κ1) is 12.4. The molecule has 0 aliphatic carbocycles. The highest BCUT2D eigenvalue weighted by atomic mass is 32.2. The Morgan fingerprint density at radius 3 is 2.88 bits per heavy atom. The molecule has 2 rings (SSSR count). The number of piperidine rings is 1. The Hall–Kier alpha value is -1.03. The van der Waals surface area contributed by atoms with E-state index in [9.17, 15) is 4.79 Å². The summed E-state index contributed by atoms with van der Waals surface area (Å²) < 4.78 is 0. The number of rotatable bonds is 2. The van der Waals surface area contributed by atoms with Crippen molar-refractivity contribution in [1.82, 2.24) is 9.88 Å². The fraction of sp³-hybridized carbons (Fsp3) is 0.538. The summed E-state index contributed by atoms with van der Waals surface area (Å²) in [5.41, 5.74) is 1.16. The number of nitrogens with zero attached hydrogens (tertiary/aromatic N) is 2. The Kier molecular flexibility index (Phi) is 4.05. The lowest BCUT2D eigenvalue weighted by molar-refractivity contribution is -0.132. The monoisotopic (exact) mass is 250 g/mol. The molecule has 0 saturated carbocycles. The van der Waals surface area contributed by atoms with Gasteiger partial charge in [0.05, 0.1) is 11.1 Å². The smallest absolute Gasteiger partial charge is 0.219 e. The third-order valence-electron chi connectivity index (χ3n) is 3.26. The Morgan fingerprint density at radius 2 is 2.29 bits per heavy atom. The van der Waals surface area contributed by atoms with Crippen molar-refractivity contribution in [3.63, 3.8) is 0 Å². The fourth-order valence-corrected chi connectivity index (χ4v) is 2.73. The molecule has 1 aromatic rings. The minimum absolute atomic E-state index is 0.170. The lowest BCUT2D eigenvalue weighted by Crippen LogP contribution is -2.36. The predicted octanol–water partition coefficient (Wildman–Crippen LogP) is 2.88. The number of likely N-dealkylation sites (tertiary alicyclic amines) is 1. The van der Waals surface area contributed by atoms with Crippen LogP contribution in [0.4, 0.5) is 0 Å². The van der Waals surface area contributed by atoms with E-state index in [-0.39, 0.29) is 11.9 Å². The van der Waals surface area contributed by atoms with Crippen LogP contribution in [-0.4, -0.2) is 28.6 Å². The number of hydrogen-bond acceptors (Lipinski definition) is 3. The number of amides is 1. The molecule has 4 heteroatoms. The third kappa shape index (κ3) is 2.80. The first-order chi connectivity index (χ1) is 8.22. The van der Waals surface area contributed by atoms with Gasteiger partial charge in [0.25, 0.3) is 0 Å². The second kappa shape index (κ2) is 5.54. The maximum atomic E-state index is 11.6. The van der Waals surface area contributed by atoms with E-state index in [0.29, 0.717) is 0 Å². The average molecular weight is 250 g/mol. The molecule has 17 heavy (non-hydrogen) atoms. The minimum atomic E-state index is 0.170. The van der Waals surface area contributed by atoms with Crippen molar-refractivity contribution in [3.8, 4) is 0 Å². The van der Waals surface area contributed by atoms with Gasteiger partial charge in [-0.1, -0.05) is 6.07 Å². The van der Waals surface area contributed by atoms with E-state index < -0.39 is 0 Å². The van der Waals surface area contributed by atoms with Crippen LogP contribution in [0.15, 0.2) is 23.4 Å². The molecular formula is C13H18N2OS.